The second kappa shape index (κ2) is 7.34. The van der Waals surface area contributed by atoms with Crippen LogP contribution >= 0.6 is 7.92 Å². The molecule has 2 aromatic carbocycles. The minimum Gasteiger partial charge on any atom is -0.478 e. The summed E-state index contributed by atoms with van der Waals surface area (Å²) in [4.78, 5) is 5.22. The van der Waals surface area contributed by atoms with E-state index in [2.05, 4.69) is 94.4 Å². The lowest BCUT2D eigenvalue weighted by molar-refractivity contribution is 0.182. The Labute approximate surface area is 182 Å². The molecule has 0 N–H and O–H groups in total. The van der Waals surface area contributed by atoms with Crippen LogP contribution in [-0.2, 0) is 4.74 Å². The first-order chi connectivity index (χ1) is 14.4. The van der Waals surface area contributed by atoms with Gasteiger partial charge in [-0.3, -0.25) is 0 Å². The van der Waals surface area contributed by atoms with Gasteiger partial charge in [0.2, 0.25) is 0 Å². The van der Waals surface area contributed by atoms with Crippen molar-refractivity contribution in [3.63, 3.8) is 0 Å². The van der Waals surface area contributed by atoms with Gasteiger partial charge in [0, 0.05) is 0 Å². The van der Waals surface area contributed by atoms with E-state index in [-0.39, 0.29) is 16.9 Å². The summed E-state index contributed by atoms with van der Waals surface area (Å²) in [7, 11) is -0.619. The fourth-order valence-corrected chi connectivity index (χ4v) is 8.76. The Hall–Kier alpha value is -1.92. The second-order valence-corrected chi connectivity index (χ2v) is 12.1. The maximum atomic E-state index is 6.44. The Bertz CT molecular complexity index is 939. The molecule has 1 fully saturated rings. The molecule has 1 heterocycles. The van der Waals surface area contributed by atoms with Crippen LogP contribution in [0.2, 0.25) is 0 Å². The molecule has 3 heteroatoms. The zero-order valence-corrected chi connectivity index (χ0v) is 19.4. The second-order valence-electron chi connectivity index (χ2n) is 9.89. The summed E-state index contributed by atoms with van der Waals surface area (Å²) < 4.78 is 6.44. The minimum absolute atomic E-state index is 0.0846. The molecule has 2 nitrogen and oxygen atoms in total. The van der Waals surface area contributed by atoms with Crippen LogP contribution in [0.25, 0.3) is 0 Å². The van der Waals surface area contributed by atoms with Gasteiger partial charge in [0.25, 0.3) is 0 Å². The van der Waals surface area contributed by atoms with Crippen molar-refractivity contribution in [1.82, 2.24) is 0 Å². The van der Waals surface area contributed by atoms with E-state index in [1.807, 2.05) is 0 Å². The molecule has 0 radical (unpaired) electrons. The van der Waals surface area contributed by atoms with Crippen LogP contribution in [0.5, 0.6) is 0 Å². The Kier molecular flexibility index (Phi) is 4.90. The van der Waals surface area contributed by atoms with Gasteiger partial charge < -0.3 is 4.74 Å². The molecule has 156 valence electrons. The van der Waals surface area contributed by atoms with Gasteiger partial charge in [-0.1, -0.05) is 94.4 Å². The standard InChI is InChI=1S/C27H32NOP/c1-19(2)23-18-29-25(28-23)27-16-15-20(26(27,3)4)17-24(27)30(21-11-7-5-8-12-21)22-13-9-6-10-14-22/h5-14,17,19-20,23H,15-16,18H2,1-4H3/t20-,23-,27-/m1/s1. The van der Waals surface area contributed by atoms with Crippen LogP contribution in [0, 0.1) is 22.7 Å². The topological polar surface area (TPSA) is 21.6 Å². The van der Waals surface area contributed by atoms with Gasteiger partial charge in [-0.25, -0.2) is 4.99 Å². The Balaban J connectivity index is 1.68. The van der Waals surface area contributed by atoms with Crippen LogP contribution in [0.1, 0.15) is 40.5 Å². The highest BCUT2D eigenvalue weighted by molar-refractivity contribution is 7.76. The third kappa shape index (κ3) is 2.83. The number of benzene rings is 2. The average Bonchev–Trinajstić information content (AvgIpc) is 3.40. The fraction of sp³-hybridized carbons (Fsp3) is 0.444. The van der Waals surface area contributed by atoms with E-state index < -0.39 is 7.92 Å². The maximum absolute atomic E-state index is 6.44. The van der Waals surface area contributed by atoms with Gasteiger partial charge in [-0.15, -0.1) is 0 Å². The van der Waals surface area contributed by atoms with E-state index >= 15 is 0 Å². The van der Waals surface area contributed by atoms with E-state index in [1.165, 1.54) is 17.0 Å². The van der Waals surface area contributed by atoms with Crippen molar-refractivity contribution in [3.8, 4) is 0 Å². The van der Waals surface area contributed by atoms with E-state index in [4.69, 9.17) is 9.73 Å². The van der Waals surface area contributed by atoms with E-state index in [0.29, 0.717) is 11.8 Å². The van der Waals surface area contributed by atoms with E-state index in [0.717, 1.165) is 18.9 Å². The molecular weight excluding hydrogens is 385 g/mol. The van der Waals surface area contributed by atoms with Gasteiger partial charge in [-0.2, -0.15) is 0 Å². The Morgan fingerprint density at radius 3 is 2.07 bits per heavy atom. The SMILES string of the molecule is CC(C)[C@H]1COC([C@@]23CC[C@H](C=C2P(c2ccccc2)c2ccccc2)C3(C)C)=N1. The lowest BCUT2D eigenvalue weighted by Crippen LogP contribution is -2.42. The zero-order valence-electron chi connectivity index (χ0n) is 18.5. The number of allylic oxidation sites excluding steroid dienone is 1. The first-order valence-corrected chi connectivity index (χ1v) is 12.6. The number of hydrogen-bond acceptors (Lipinski definition) is 2. The highest BCUT2D eigenvalue weighted by Crippen LogP contribution is 2.72. The average molecular weight is 418 g/mol. The molecule has 0 amide bonds. The molecule has 30 heavy (non-hydrogen) atoms. The molecule has 1 saturated carbocycles. The summed E-state index contributed by atoms with van der Waals surface area (Å²) in [5.74, 6) is 2.13. The van der Waals surface area contributed by atoms with Crippen LogP contribution < -0.4 is 10.6 Å². The summed E-state index contributed by atoms with van der Waals surface area (Å²) in [6, 6.07) is 22.5. The lowest BCUT2D eigenvalue weighted by Gasteiger charge is -2.42. The lowest BCUT2D eigenvalue weighted by atomic mass is 9.68. The molecule has 3 aliphatic rings. The summed E-state index contributed by atoms with van der Waals surface area (Å²) >= 11 is 0. The molecule has 3 atom stereocenters. The Morgan fingerprint density at radius 1 is 0.967 bits per heavy atom. The molecule has 0 spiro atoms. The molecule has 2 bridgehead atoms. The normalized spacial score (nSPS) is 29.3. The summed E-state index contributed by atoms with van der Waals surface area (Å²) in [5.41, 5.74) is 0.0515. The molecule has 0 unspecified atom stereocenters. The summed E-state index contributed by atoms with van der Waals surface area (Å²) in [5, 5.41) is 4.41. The molecule has 1 aliphatic heterocycles. The van der Waals surface area contributed by atoms with Gasteiger partial charge in [0.1, 0.15) is 6.61 Å². The van der Waals surface area contributed by atoms with E-state index in [1.54, 1.807) is 5.31 Å². The predicted octanol–water partition coefficient (Wildman–Crippen LogP) is 5.89. The number of ether oxygens (including phenoxy) is 1. The number of nitrogens with zero attached hydrogens (tertiary/aromatic N) is 1. The smallest absolute Gasteiger partial charge is 0.195 e. The first kappa shape index (κ1) is 20.0. The van der Waals surface area contributed by atoms with Gasteiger partial charge in [0.05, 0.1) is 11.5 Å². The van der Waals surface area contributed by atoms with Crippen molar-refractivity contribution in [1.29, 1.82) is 0 Å². The number of aliphatic imine (C=N–C) groups is 1. The molecule has 0 saturated heterocycles. The molecule has 5 rings (SSSR count). The third-order valence-electron chi connectivity index (χ3n) is 7.73. The molecule has 2 aliphatic carbocycles. The van der Waals surface area contributed by atoms with Gasteiger partial charge in [0.15, 0.2) is 5.90 Å². The highest BCUT2D eigenvalue weighted by atomic mass is 31.1. The maximum Gasteiger partial charge on any atom is 0.195 e. The van der Waals surface area contributed by atoms with Crippen molar-refractivity contribution in [2.75, 3.05) is 6.61 Å². The van der Waals surface area contributed by atoms with Crippen LogP contribution in [0.4, 0.5) is 0 Å². The van der Waals surface area contributed by atoms with Crippen molar-refractivity contribution < 1.29 is 4.74 Å². The van der Waals surface area contributed by atoms with Crippen molar-refractivity contribution >= 4 is 24.4 Å². The van der Waals surface area contributed by atoms with Crippen molar-refractivity contribution in [3.05, 3.63) is 72.1 Å². The van der Waals surface area contributed by atoms with Crippen molar-refractivity contribution in [2.45, 2.75) is 46.6 Å². The number of hydrogen-bond donors (Lipinski definition) is 0. The summed E-state index contributed by atoms with van der Waals surface area (Å²) in [6.45, 7) is 10.1. The summed E-state index contributed by atoms with van der Waals surface area (Å²) in [6.07, 6.45) is 5.00. The number of fused-ring (bicyclic) bond motifs is 2. The van der Waals surface area contributed by atoms with Gasteiger partial charge >= 0.3 is 0 Å². The fourth-order valence-electron chi connectivity index (χ4n) is 5.76. The molecule has 2 aromatic rings. The highest BCUT2D eigenvalue weighted by Gasteiger charge is 2.65. The zero-order chi connectivity index (χ0) is 20.9. The van der Waals surface area contributed by atoms with Gasteiger partial charge in [-0.05, 0) is 53.9 Å². The molecular formula is C27H32NOP. The molecule has 0 aromatic heterocycles. The van der Waals surface area contributed by atoms with Crippen LogP contribution in [0.15, 0.2) is 77.0 Å². The quantitative estimate of drug-likeness (QED) is 0.556. The van der Waals surface area contributed by atoms with Crippen LogP contribution in [-0.4, -0.2) is 18.5 Å². The third-order valence-corrected chi connectivity index (χ3v) is 10.4. The van der Waals surface area contributed by atoms with Crippen molar-refractivity contribution in [2.24, 2.45) is 27.7 Å². The van der Waals surface area contributed by atoms with Crippen LogP contribution in [0.3, 0.4) is 0 Å². The predicted molar refractivity (Wildman–Crippen MR) is 128 cm³/mol. The largest absolute Gasteiger partial charge is 0.478 e. The monoisotopic (exact) mass is 417 g/mol. The Morgan fingerprint density at radius 2 is 1.57 bits per heavy atom. The number of rotatable bonds is 5. The first-order valence-electron chi connectivity index (χ1n) is 11.3. The minimum atomic E-state index is -0.619. The van der Waals surface area contributed by atoms with E-state index in [9.17, 15) is 0 Å².